The molecule has 0 unspecified atom stereocenters. The Hall–Kier alpha value is -0.570. The van der Waals surface area contributed by atoms with Crippen LogP contribution in [0.2, 0.25) is 5.02 Å². The topological polar surface area (TPSA) is 32.3 Å². The van der Waals surface area contributed by atoms with Gasteiger partial charge >= 0.3 is 0 Å². The van der Waals surface area contributed by atoms with Gasteiger partial charge in [-0.05, 0) is 31.2 Å². The minimum Gasteiger partial charge on any atom is -0.394 e. The third kappa shape index (κ3) is 2.21. The monoisotopic (exact) mass is 199 g/mol. The molecule has 1 atom stereocenters. The van der Waals surface area contributed by atoms with Crippen molar-refractivity contribution in [1.82, 2.24) is 5.32 Å². The third-order valence-corrected chi connectivity index (χ3v) is 2.63. The van der Waals surface area contributed by atoms with E-state index in [1.807, 2.05) is 32.2 Å². The lowest BCUT2D eigenvalue weighted by molar-refractivity contribution is 0.250. The fourth-order valence-electron chi connectivity index (χ4n) is 1.35. The van der Waals surface area contributed by atoms with Crippen molar-refractivity contribution in [2.45, 2.75) is 13.0 Å². The standard InChI is InChI=1S/C10H14ClNO/c1-7-8(10(6-13)12-2)4-3-5-9(7)11/h3-5,10,12-13H,6H2,1-2H3/t10-/m1/s1. The Kier molecular flexibility index (Phi) is 3.72. The summed E-state index contributed by atoms with van der Waals surface area (Å²) >= 11 is 5.96. The maximum absolute atomic E-state index is 9.09. The molecular formula is C10H14ClNO. The van der Waals surface area contributed by atoms with E-state index in [0.29, 0.717) is 0 Å². The van der Waals surface area contributed by atoms with Gasteiger partial charge in [0.05, 0.1) is 12.6 Å². The molecule has 0 bridgehead atoms. The molecule has 0 radical (unpaired) electrons. The van der Waals surface area contributed by atoms with Gasteiger partial charge in [0, 0.05) is 5.02 Å². The SMILES string of the molecule is CN[C@H](CO)c1cccc(Cl)c1C. The number of likely N-dealkylation sites (N-methyl/N-ethyl adjacent to an activating group) is 1. The number of hydrogen-bond donors (Lipinski definition) is 2. The lowest BCUT2D eigenvalue weighted by Gasteiger charge is -2.16. The van der Waals surface area contributed by atoms with Crippen LogP contribution in [-0.4, -0.2) is 18.8 Å². The first kappa shape index (κ1) is 10.5. The Labute approximate surface area is 83.5 Å². The molecule has 0 fully saturated rings. The van der Waals surface area contributed by atoms with Gasteiger partial charge in [0.25, 0.3) is 0 Å². The summed E-state index contributed by atoms with van der Waals surface area (Å²) in [5, 5.41) is 12.9. The van der Waals surface area contributed by atoms with Gasteiger partial charge in [-0.3, -0.25) is 0 Å². The third-order valence-electron chi connectivity index (χ3n) is 2.22. The highest BCUT2D eigenvalue weighted by Crippen LogP contribution is 2.23. The van der Waals surface area contributed by atoms with Gasteiger partial charge in [-0.1, -0.05) is 23.7 Å². The molecule has 0 aliphatic carbocycles. The van der Waals surface area contributed by atoms with Crippen LogP contribution in [0.4, 0.5) is 0 Å². The zero-order valence-corrected chi connectivity index (χ0v) is 8.60. The lowest BCUT2D eigenvalue weighted by Crippen LogP contribution is -2.20. The Bertz CT molecular complexity index is 284. The highest BCUT2D eigenvalue weighted by molar-refractivity contribution is 6.31. The first-order chi connectivity index (χ1) is 6.20. The molecule has 0 amide bonds. The van der Waals surface area contributed by atoms with Crippen molar-refractivity contribution in [3.63, 3.8) is 0 Å². The zero-order chi connectivity index (χ0) is 9.84. The molecule has 2 N–H and O–H groups in total. The minimum absolute atomic E-state index is 0.0290. The van der Waals surface area contributed by atoms with Crippen molar-refractivity contribution >= 4 is 11.6 Å². The van der Waals surface area contributed by atoms with Crippen molar-refractivity contribution < 1.29 is 5.11 Å². The molecule has 0 saturated heterocycles. The van der Waals surface area contributed by atoms with Crippen LogP contribution in [0.5, 0.6) is 0 Å². The van der Waals surface area contributed by atoms with E-state index in [4.69, 9.17) is 16.7 Å². The normalized spacial score (nSPS) is 12.9. The van der Waals surface area contributed by atoms with Crippen LogP contribution < -0.4 is 5.32 Å². The largest absolute Gasteiger partial charge is 0.394 e. The van der Waals surface area contributed by atoms with Gasteiger partial charge in [0.15, 0.2) is 0 Å². The predicted octanol–water partition coefficient (Wildman–Crippen LogP) is 1.90. The summed E-state index contributed by atoms with van der Waals surface area (Å²) in [5.41, 5.74) is 2.08. The molecule has 0 heterocycles. The summed E-state index contributed by atoms with van der Waals surface area (Å²) in [6.07, 6.45) is 0. The second kappa shape index (κ2) is 4.61. The molecule has 3 heteroatoms. The molecule has 0 aliphatic heterocycles. The highest BCUT2D eigenvalue weighted by atomic mass is 35.5. The number of aliphatic hydroxyl groups excluding tert-OH is 1. The molecule has 0 spiro atoms. The van der Waals surface area contributed by atoms with E-state index in [-0.39, 0.29) is 12.6 Å². The second-order valence-corrected chi connectivity index (χ2v) is 3.39. The molecule has 1 aromatic rings. The van der Waals surface area contributed by atoms with E-state index in [0.717, 1.165) is 16.1 Å². The van der Waals surface area contributed by atoms with E-state index in [2.05, 4.69) is 5.32 Å². The van der Waals surface area contributed by atoms with Crippen LogP contribution in [0.15, 0.2) is 18.2 Å². The van der Waals surface area contributed by atoms with Crippen LogP contribution in [0.25, 0.3) is 0 Å². The molecular weight excluding hydrogens is 186 g/mol. The molecule has 72 valence electrons. The molecule has 0 aliphatic rings. The summed E-state index contributed by atoms with van der Waals surface area (Å²) in [4.78, 5) is 0. The van der Waals surface area contributed by atoms with E-state index in [1.54, 1.807) is 0 Å². The van der Waals surface area contributed by atoms with E-state index >= 15 is 0 Å². The van der Waals surface area contributed by atoms with Crippen molar-refractivity contribution in [2.24, 2.45) is 0 Å². The van der Waals surface area contributed by atoms with Gasteiger partial charge in [-0.2, -0.15) is 0 Å². The number of aliphatic hydroxyl groups is 1. The van der Waals surface area contributed by atoms with E-state index in [9.17, 15) is 0 Å². The fraction of sp³-hybridized carbons (Fsp3) is 0.400. The van der Waals surface area contributed by atoms with E-state index in [1.165, 1.54) is 0 Å². The zero-order valence-electron chi connectivity index (χ0n) is 7.84. The molecule has 0 saturated carbocycles. The van der Waals surface area contributed by atoms with Crippen LogP contribution >= 0.6 is 11.6 Å². The lowest BCUT2D eigenvalue weighted by atomic mass is 10.0. The van der Waals surface area contributed by atoms with Crippen molar-refractivity contribution in [1.29, 1.82) is 0 Å². The summed E-state index contributed by atoms with van der Waals surface area (Å²) < 4.78 is 0. The van der Waals surface area contributed by atoms with Crippen LogP contribution in [-0.2, 0) is 0 Å². The van der Waals surface area contributed by atoms with Crippen molar-refractivity contribution in [3.05, 3.63) is 34.3 Å². The smallest absolute Gasteiger partial charge is 0.0626 e. The van der Waals surface area contributed by atoms with Crippen LogP contribution in [0.3, 0.4) is 0 Å². The van der Waals surface area contributed by atoms with Gasteiger partial charge in [0.1, 0.15) is 0 Å². The second-order valence-electron chi connectivity index (χ2n) is 2.98. The number of benzene rings is 1. The molecule has 1 rings (SSSR count). The van der Waals surface area contributed by atoms with E-state index < -0.39 is 0 Å². The number of halogens is 1. The van der Waals surface area contributed by atoms with Crippen LogP contribution in [0.1, 0.15) is 17.2 Å². The summed E-state index contributed by atoms with van der Waals surface area (Å²) in [5.74, 6) is 0. The van der Waals surface area contributed by atoms with Gasteiger partial charge < -0.3 is 10.4 Å². The molecule has 13 heavy (non-hydrogen) atoms. The van der Waals surface area contributed by atoms with Gasteiger partial charge in [-0.25, -0.2) is 0 Å². The summed E-state index contributed by atoms with van der Waals surface area (Å²) in [6.45, 7) is 2.04. The Morgan fingerprint density at radius 1 is 1.54 bits per heavy atom. The van der Waals surface area contributed by atoms with Crippen LogP contribution in [0, 0.1) is 6.92 Å². The molecule has 0 aromatic heterocycles. The first-order valence-corrected chi connectivity index (χ1v) is 4.61. The maximum atomic E-state index is 9.09. The highest BCUT2D eigenvalue weighted by Gasteiger charge is 2.11. The fourth-order valence-corrected chi connectivity index (χ4v) is 1.53. The number of rotatable bonds is 3. The average molecular weight is 200 g/mol. The minimum atomic E-state index is -0.0290. The predicted molar refractivity (Wildman–Crippen MR) is 55.1 cm³/mol. The summed E-state index contributed by atoms with van der Waals surface area (Å²) in [6, 6.07) is 5.69. The summed E-state index contributed by atoms with van der Waals surface area (Å²) in [7, 11) is 1.82. The Morgan fingerprint density at radius 3 is 2.77 bits per heavy atom. The number of hydrogen-bond acceptors (Lipinski definition) is 2. The first-order valence-electron chi connectivity index (χ1n) is 4.23. The Morgan fingerprint density at radius 2 is 2.23 bits per heavy atom. The maximum Gasteiger partial charge on any atom is 0.0626 e. The van der Waals surface area contributed by atoms with Crippen molar-refractivity contribution in [3.8, 4) is 0 Å². The quantitative estimate of drug-likeness (QED) is 0.780. The molecule has 2 nitrogen and oxygen atoms in total. The molecule has 1 aromatic carbocycles. The van der Waals surface area contributed by atoms with Gasteiger partial charge in [0.2, 0.25) is 0 Å². The Balaban J connectivity index is 3.05. The average Bonchev–Trinajstić information content (AvgIpc) is 2.14. The van der Waals surface area contributed by atoms with Crippen molar-refractivity contribution in [2.75, 3.05) is 13.7 Å². The number of nitrogens with one attached hydrogen (secondary N) is 1. The van der Waals surface area contributed by atoms with Gasteiger partial charge in [-0.15, -0.1) is 0 Å².